The first-order valence-electron chi connectivity index (χ1n) is 6.47. The topological polar surface area (TPSA) is 102 Å². The third-order valence-electron chi connectivity index (χ3n) is 2.87. The van der Waals surface area contributed by atoms with Gasteiger partial charge in [0.2, 0.25) is 10.0 Å². The lowest BCUT2D eigenvalue weighted by atomic mass is 10.1. The maximum atomic E-state index is 12.5. The standard InChI is InChI=1S/C13H21BrN2O4S/c1-8(2)4-9(7-17)16-21(18,19)13-6-11(15)10(14)5-12(13)20-3/h5-6,8-9,16-17H,4,7,15H2,1-3H3. The van der Waals surface area contributed by atoms with Crippen LogP contribution in [0.1, 0.15) is 20.3 Å². The Morgan fingerprint density at radius 2 is 2.05 bits per heavy atom. The molecule has 0 aliphatic carbocycles. The smallest absolute Gasteiger partial charge is 0.244 e. The second kappa shape index (κ2) is 7.44. The van der Waals surface area contributed by atoms with E-state index >= 15 is 0 Å². The fraction of sp³-hybridized carbons (Fsp3) is 0.538. The summed E-state index contributed by atoms with van der Waals surface area (Å²) in [5.41, 5.74) is 6.03. The van der Waals surface area contributed by atoms with Gasteiger partial charge in [-0.1, -0.05) is 13.8 Å². The van der Waals surface area contributed by atoms with Gasteiger partial charge >= 0.3 is 0 Å². The van der Waals surface area contributed by atoms with Crippen LogP contribution in [-0.2, 0) is 10.0 Å². The van der Waals surface area contributed by atoms with Crippen molar-refractivity contribution in [2.24, 2.45) is 5.92 Å². The molecule has 0 amide bonds. The average molecular weight is 381 g/mol. The first-order chi connectivity index (χ1) is 9.71. The number of sulfonamides is 1. The summed E-state index contributed by atoms with van der Waals surface area (Å²) in [6.45, 7) is 3.63. The van der Waals surface area contributed by atoms with Crippen LogP contribution in [-0.4, -0.2) is 33.3 Å². The van der Waals surface area contributed by atoms with Crippen LogP contribution in [0.5, 0.6) is 5.75 Å². The normalized spacial score (nSPS) is 13.4. The lowest BCUT2D eigenvalue weighted by molar-refractivity contribution is 0.240. The average Bonchev–Trinajstić information content (AvgIpc) is 2.39. The molecular weight excluding hydrogens is 360 g/mol. The Hall–Kier alpha value is -0.830. The van der Waals surface area contributed by atoms with Crippen molar-refractivity contribution in [3.05, 3.63) is 16.6 Å². The van der Waals surface area contributed by atoms with Crippen molar-refractivity contribution < 1.29 is 18.3 Å². The zero-order valence-electron chi connectivity index (χ0n) is 12.3. The second-order valence-corrected chi connectivity index (χ2v) is 7.69. The summed E-state index contributed by atoms with van der Waals surface area (Å²) in [7, 11) is -2.45. The van der Waals surface area contributed by atoms with Crippen LogP contribution in [0, 0.1) is 5.92 Å². The van der Waals surface area contributed by atoms with E-state index in [1.165, 1.54) is 19.2 Å². The van der Waals surface area contributed by atoms with E-state index in [9.17, 15) is 13.5 Å². The Balaban J connectivity index is 3.15. The third-order valence-corrected chi connectivity index (χ3v) is 5.10. The molecule has 0 saturated carbocycles. The van der Waals surface area contributed by atoms with Crippen LogP contribution < -0.4 is 15.2 Å². The number of nitrogen functional groups attached to an aromatic ring is 1. The van der Waals surface area contributed by atoms with Gasteiger partial charge in [-0.05, 0) is 40.4 Å². The van der Waals surface area contributed by atoms with Crippen molar-refractivity contribution in [2.75, 3.05) is 19.5 Å². The van der Waals surface area contributed by atoms with Crippen molar-refractivity contribution in [1.29, 1.82) is 0 Å². The minimum Gasteiger partial charge on any atom is -0.495 e. The molecular formula is C13H21BrN2O4S. The molecule has 1 rings (SSSR count). The fourth-order valence-corrected chi connectivity index (χ4v) is 3.68. The minimum atomic E-state index is -3.84. The molecule has 0 aliphatic heterocycles. The molecule has 21 heavy (non-hydrogen) atoms. The number of aliphatic hydroxyl groups is 1. The van der Waals surface area contributed by atoms with Crippen molar-refractivity contribution in [1.82, 2.24) is 4.72 Å². The number of rotatable bonds is 7. The molecule has 4 N–H and O–H groups in total. The minimum absolute atomic E-state index is 0.0482. The van der Waals surface area contributed by atoms with Gasteiger partial charge in [-0.3, -0.25) is 0 Å². The largest absolute Gasteiger partial charge is 0.495 e. The summed E-state index contributed by atoms with van der Waals surface area (Å²) in [6.07, 6.45) is 0.532. The molecule has 0 spiro atoms. The SMILES string of the molecule is COc1cc(Br)c(N)cc1S(=O)(=O)NC(CO)CC(C)C. The third kappa shape index (κ3) is 4.84. The summed E-state index contributed by atoms with van der Waals surface area (Å²) in [4.78, 5) is -0.0482. The van der Waals surface area contributed by atoms with Gasteiger partial charge in [0.15, 0.2) is 0 Å². The van der Waals surface area contributed by atoms with Gasteiger partial charge in [0.05, 0.1) is 13.7 Å². The number of nitrogens with one attached hydrogen (secondary N) is 1. The molecule has 6 nitrogen and oxygen atoms in total. The number of hydrogen-bond acceptors (Lipinski definition) is 5. The Kier molecular flexibility index (Phi) is 6.45. The molecule has 8 heteroatoms. The monoisotopic (exact) mass is 380 g/mol. The summed E-state index contributed by atoms with van der Waals surface area (Å²) < 4.78 is 33.0. The number of ether oxygens (including phenoxy) is 1. The predicted octanol–water partition coefficient (Wildman–Crippen LogP) is 1.73. The molecule has 0 heterocycles. The van der Waals surface area contributed by atoms with Crippen molar-refractivity contribution in [3.8, 4) is 5.75 Å². The number of benzene rings is 1. The van der Waals surface area contributed by atoms with E-state index in [0.29, 0.717) is 16.6 Å². The second-order valence-electron chi connectivity index (χ2n) is 5.15. The Morgan fingerprint density at radius 3 is 2.52 bits per heavy atom. The maximum Gasteiger partial charge on any atom is 0.244 e. The highest BCUT2D eigenvalue weighted by Crippen LogP contribution is 2.32. The van der Waals surface area contributed by atoms with Crippen LogP contribution in [0.3, 0.4) is 0 Å². The quantitative estimate of drug-likeness (QED) is 0.625. The fourth-order valence-electron chi connectivity index (χ4n) is 1.93. The Labute approximate surface area is 133 Å². The number of anilines is 1. The number of nitrogens with two attached hydrogens (primary N) is 1. The van der Waals surface area contributed by atoms with E-state index in [-0.39, 0.29) is 23.2 Å². The molecule has 0 aromatic heterocycles. The van der Waals surface area contributed by atoms with E-state index in [0.717, 1.165) is 0 Å². The maximum absolute atomic E-state index is 12.5. The first kappa shape index (κ1) is 18.2. The van der Waals surface area contributed by atoms with Crippen molar-refractivity contribution >= 4 is 31.6 Å². The molecule has 0 bridgehead atoms. The molecule has 0 saturated heterocycles. The molecule has 1 aromatic rings. The van der Waals surface area contributed by atoms with Gasteiger partial charge in [0.1, 0.15) is 10.6 Å². The van der Waals surface area contributed by atoms with Gasteiger partial charge in [-0.2, -0.15) is 0 Å². The van der Waals surface area contributed by atoms with Gasteiger partial charge in [0.25, 0.3) is 0 Å². The highest BCUT2D eigenvalue weighted by molar-refractivity contribution is 9.10. The number of halogens is 1. The molecule has 1 aromatic carbocycles. The van der Waals surface area contributed by atoms with Gasteiger partial charge in [0, 0.05) is 16.2 Å². The van der Waals surface area contributed by atoms with E-state index in [2.05, 4.69) is 20.7 Å². The number of aliphatic hydroxyl groups excluding tert-OH is 1. The zero-order chi connectivity index (χ0) is 16.2. The van der Waals surface area contributed by atoms with Crippen LogP contribution in [0.4, 0.5) is 5.69 Å². The van der Waals surface area contributed by atoms with Crippen LogP contribution in [0.15, 0.2) is 21.5 Å². The molecule has 1 unspecified atom stereocenters. The Bertz CT molecular complexity index is 590. The highest BCUT2D eigenvalue weighted by Gasteiger charge is 2.25. The van der Waals surface area contributed by atoms with Crippen molar-refractivity contribution in [2.45, 2.75) is 31.2 Å². The predicted molar refractivity (Wildman–Crippen MR) is 85.8 cm³/mol. The van der Waals surface area contributed by atoms with Gasteiger partial charge < -0.3 is 15.6 Å². The summed E-state index contributed by atoms with van der Waals surface area (Å²) in [5, 5.41) is 9.32. The lowest BCUT2D eigenvalue weighted by Crippen LogP contribution is -2.38. The number of methoxy groups -OCH3 is 1. The number of hydrogen-bond donors (Lipinski definition) is 3. The van der Waals surface area contributed by atoms with E-state index in [1.807, 2.05) is 13.8 Å². The molecule has 0 fully saturated rings. The molecule has 1 atom stereocenters. The summed E-state index contributed by atoms with van der Waals surface area (Å²) in [6, 6.07) is 2.28. The van der Waals surface area contributed by atoms with Gasteiger partial charge in [-0.25, -0.2) is 13.1 Å². The molecule has 0 radical (unpaired) electrons. The summed E-state index contributed by atoms with van der Waals surface area (Å²) in [5.74, 6) is 0.437. The summed E-state index contributed by atoms with van der Waals surface area (Å²) >= 11 is 3.22. The highest BCUT2D eigenvalue weighted by atomic mass is 79.9. The molecule has 120 valence electrons. The lowest BCUT2D eigenvalue weighted by Gasteiger charge is -2.19. The van der Waals surface area contributed by atoms with Crippen LogP contribution >= 0.6 is 15.9 Å². The van der Waals surface area contributed by atoms with E-state index in [4.69, 9.17) is 10.5 Å². The van der Waals surface area contributed by atoms with Crippen LogP contribution in [0.2, 0.25) is 0 Å². The van der Waals surface area contributed by atoms with E-state index < -0.39 is 16.1 Å². The van der Waals surface area contributed by atoms with Crippen LogP contribution in [0.25, 0.3) is 0 Å². The molecule has 0 aliphatic rings. The van der Waals surface area contributed by atoms with E-state index in [1.54, 1.807) is 0 Å². The van der Waals surface area contributed by atoms with Crippen molar-refractivity contribution in [3.63, 3.8) is 0 Å². The van der Waals surface area contributed by atoms with Gasteiger partial charge in [-0.15, -0.1) is 0 Å². The zero-order valence-corrected chi connectivity index (χ0v) is 14.7. The Morgan fingerprint density at radius 1 is 1.43 bits per heavy atom. The first-order valence-corrected chi connectivity index (χ1v) is 8.75.